The summed E-state index contributed by atoms with van der Waals surface area (Å²) in [5, 5.41) is 14.9. The van der Waals surface area contributed by atoms with Crippen molar-refractivity contribution in [3.05, 3.63) is 83.9 Å². The van der Waals surface area contributed by atoms with E-state index < -0.39 is 5.82 Å². The number of benzene rings is 3. The quantitative estimate of drug-likeness (QED) is 0.361. The van der Waals surface area contributed by atoms with Gasteiger partial charge in [0.15, 0.2) is 11.5 Å². The Balaban J connectivity index is 1.34. The Bertz CT molecular complexity index is 1540. The summed E-state index contributed by atoms with van der Waals surface area (Å²) < 4.78 is 24.5. The Labute approximate surface area is 220 Å². The van der Waals surface area contributed by atoms with Crippen LogP contribution in [0.5, 0.6) is 11.5 Å². The molecule has 0 bridgehead atoms. The lowest BCUT2D eigenvalue weighted by Crippen LogP contribution is -2.42. The fraction of sp³-hybridized carbons (Fsp3) is 0.233. The van der Waals surface area contributed by atoms with Crippen molar-refractivity contribution in [3.8, 4) is 28.7 Å². The highest BCUT2D eigenvalue weighted by Gasteiger charge is 2.25. The second kappa shape index (κ2) is 10.8. The van der Waals surface area contributed by atoms with Crippen molar-refractivity contribution in [3.63, 3.8) is 0 Å². The molecule has 1 amide bonds. The number of aromatic nitrogens is 1. The number of pyridine rings is 1. The van der Waals surface area contributed by atoms with Crippen LogP contribution >= 0.6 is 0 Å². The summed E-state index contributed by atoms with van der Waals surface area (Å²) in [6.45, 7) is 1.23. The maximum atomic E-state index is 13.9. The number of hydrogen-bond donors (Lipinski definition) is 1. The number of halogens is 1. The molecular weight excluding hydrogens is 483 g/mol. The van der Waals surface area contributed by atoms with Gasteiger partial charge >= 0.3 is 0 Å². The number of likely N-dealkylation sites (tertiary alicyclic amines) is 1. The SMILES string of the molecule is COc1ccc(C(=O)N2CCC(Nc3cc(-c4ccc(F)c(C#N)c4)cc4ccncc34)CC2)cc1OC. The number of amides is 1. The summed E-state index contributed by atoms with van der Waals surface area (Å²) in [6, 6.07) is 17.8. The van der Waals surface area contributed by atoms with E-state index in [1.54, 1.807) is 50.7 Å². The predicted molar refractivity (Wildman–Crippen MR) is 144 cm³/mol. The van der Waals surface area contributed by atoms with E-state index in [9.17, 15) is 14.4 Å². The normalized spacial score (nSPS) is 13.7. The maximum Gasteiger partial charge on any atom is 0.253 e. The molecule has 3 aromatic carbocycles. The van der Waals surface area contributed by atoms with Crippen molar-refractivity contribution < 1.29 is 18.7 Å². The van der Waals surface area contributed by atoms with Gasteiger partial charge in [-0.25, -0.2) is 4.39 Å². The zero-order chi connectivity index (χ0) is 26.6. The first-order valence-electron chi connectivity index (χ1n) is 12.4. The molecule has 1 saturated heterocycles. The van der Waals surface area contributed by atoms with E-state index in [0.717, 1.165) is 40.4 Å². The number of ether oxygens (including phenoxy) is 2. The molecule has 7 nitrogen and oxygen atoms in total. The molecule has 1 aromatic heterocycles. The van der Waals surface area contributed by atoms with Gasteiger partial charge < -0.3 is 19.7 Å². The van der Waals surface area contributed by atoms with E-state index in [1.807, 2.05) is 35.4 Å². The molecular formula is C30H27FN4O3. The van der Waals surface area contributed by atoms with Crippen molar-refractivity contribution in [2.75, 3.05) is 32.6 Å². The number of hydrogen-bond acceptors (Lipinski definition) is 6. The maximum absolute atomic E-state index is 13.9. The summed E-state index contributed by atoms with van der Waals surface area (Å²) in [4.78, 5) is 19.3. The zero-order valence-electron chi connectivity index (χ0n) is 21.2. The van der Waals surface area contributed by atoms with Gasteiger partial charge in [-0.1, -0.05) is 6.07 Å². The number of piperidine rings is 1. The standard InChI is InChI=1S/C30H27FN4O3/c1-37-28-6-4-21(16-29(28)38-2)30(36)35-11-8-24(9-12-35)34-27-15-22(14-20-7-10-33-18-25(20)27)19-3-5-26(31)23(13-19)17-32/h3-7,10,13-16,18,24,34H,8-9,11-12H2,1-2H3. The van der Waals surface area contributed by atoms with Gasteiger partial charge in [-0.2, -0.15) is 5.26 Å². The first-order chi connectivity index (χ1) is 18.5. The second-order valence-corrected chi connectivity index (χ2v) is 9.21. The number of methoxy groups -OCH3 is 2. The van der Waals surface area contributed by atoms with E-state index in [-0.39, 0.29) is 17.5 Å². The van der Waals surface area contributed by atoms with Crippen LogP contribution in [0.4, 0.5) is 10.1 Å². The van der Waals surface area contributed by atoms with Gasteiger partial charge in [-0.15, -0.1) is 0 Å². The van der Waals surface area contributed by atoms with E-state index in [1.165, 1.54) is 6.07 Å². The molecule has 0 spiro atoms. The van der Waals surface area contributed by atoms with Crippen LogP contribution in [0.2, 0.25) is 0 Å². The number of carbonyl (C=O) groups is 1. The number of carbonyl (C=O) groups excluding carboxylic acids is 1. The van der Waals surface area contributed by atoms with Gasteiger partial charge in [0, 0.05) is 48.2 Å². The van der Waals surface area contributed by atoms with Crippen molar-refractivity contribution in [1.82, 2.24) is 9.88 Å². The number of fused-ring (bicyclic) bond motifs is 1. The summed E-state index contributed by atoms with van der Waals surface area (Å²) in [5.74, 6) is 0.540. The molecule has 5 rings (SSSR count). The highest BCUT2D eigenvalue weighted by molar-refractivity contribution is 5.97. The fourth-order valence-electron chi connectivity index (χ4n) is 4.87. The third-order valence-electron chi connectivity index (χ3n) is 6.95. The second-order valence-electron chi connectivity index (χ2n) is 9.21. The Morgan fingerprint density at radius 2 is 1.82 bits per heavy atom. The van der Waals surface area contributed by atoms with Gasteiger partial charge in [0.1, 0.15) is 11.9 Å². The third-order valence-corrected chi connectivity index (χ3v) is 6.95. The Kier molecular flexibility index (Phi) is 7.09. The minimum absolute atomic E-state index is 0.0124. The van der Waals surface area contributed by atoms with Gasteiger partial charge in [0.05, 0.1) is 19.8 Å². The molecule has 192 valence electrons. The Morgan fingerprint density at radius 3 is 2.55 bits per heavy atom. The van der Waals surface area contributed by atoms with Gasteiger partial charge in [0.2, 0.25) is 0 Å². The molecule has 1 fully saturated rings. The number of nitrogens with zero attached hydrogens (tertiary/aromatic N) is 3. The monoisotopic (exact) mass is 510 g/mol. The average molecular weight is 511 g/mol. The van der Waals surface area contributed by atoms with Gasteiger partial charge in [0.25, 0.3) is 5.91 Å². The summed E-state index contributed by atoms with van der Waals surface area (Å²) in [6.07, 6.45) is 5.11. The molecule has 2 heterocycles. The van der Waals surface area contributed by atoms with E-state index in [0.29, 0.717) is 30.2 Å². The first-order valence-corrected chi connectivity index (χ1v) is 12.4. The predicted octanol–water partition coefficient (Wildman–Crippen LogP) is 5.65. The number of nitriles is 1. The third kappa shape index (κ3) is 4.96. The lowest BCUT2D eigenvalue weighted by atomic mass is 9.98. The molecule has 4 aromatic rings. The van der Waals surface area contributed by atoms with Crippen LogP contribution in [0, 0.1) is 17.1 Å². The summed E-state index contributed by atoms with van der Waals surface area (Å²) in [7, 11) is 3.12. The molecule has 0 radical (unpaired) electrons. The fourth-order valence-corrected chi connectivity index (χ4v) is 4.87. The molecule has 1 aliphatic rings. The molecule has 0 unspecified atom stereocenters. The Hall–Kier alpha value is -4.64. The number of nitrogens with one attached hydrogen (secondary N) is 1. The van der Waals surface area contributed by atoms with Crippen LogP contribution in [0.3, 0.4) is 0 Å². The summed E-state index contributed by atoms with van der Waals surface area (Å²) in [5.41, 5.74) is 3.13. The van der Waals surface area contributed by atoms with Crippen molar-refractivity contribution in [2.45, 2.75) is 18.9 Å². The highest BCUT2D eigenvalue weighted by atomic mass is 19.1. The smallest absolute Gasteiger partial charge is 0.253 e. The van der Waals surface area contributed by atoms with Gasteiger partial charge in [-0.05, 0) is 77.9 Å². The van der Waals surface area contributed by atoms with Crippen LogP contribution in [0.15, 0.2) is 67.0 Å². The highest BCUT2D eigenvalue weighted by Crippen LogP contribution is 2.33. The lowest BCUT2D eigenvalue weighted by molar-refractivity contribution is 0.0718. The van der Waals surface area contributed by atoms with Crippen molar-refractivity contribution in [1.29, 1.82) is 5.26 Å². The molecule has 1 N–H and O–H groups in total. The van der Waals surface area contributed by atoms with Gasteiger partial charge in [-0.3, -0.25) is 9.78 Å². The van der Waals surface area contributed by atoms with Crippen LogP contribution < -0.4 is 14.8 Å². The molecule has 1 aliphatic heterocycles. The van der Waals surface area contributed by atoms with Crippen LogP contribution in [0.1, 0.15) is 28.8 Å². The topological polar surface area (TPSA) is 87.5 Å². The van der Waals surface area contributed by atoms with Crippen LogP contribution in [0.25, 0.3) is 21.9 Å². The molecule has 38 heavy (non-hydrogen) atoms. The molecule has 0 atom stereocenters. The number of rotatable bonds is 6. The molecule has 0 aliphatic carbocycles. The van der Waals surface area contributed by atoms with Crippen LogP contribution in [-0.2, 0) is 0 Å². The van der Waals surface area contributed by atoms with E-state index >= 15 is 0 Å². The van der Waals surface area contributed by atoms with E-state index in [4.69, 9.17) is 9.47 Å². The minimum Gasteiger partial charge on any atom is -0.493 e. The summed E-state index contributed by atoms with van der Waals surface area (Å²) >= 11 is 0. The number of anilines is 1. The first kappa shape index (κ1) is 25.0. The minimum atomic E-state index is -0.533. The van der Waals surface area contributed by atoms with Crippen molar-refractivity contribution >= 4 is 22.4 Å². The van der Waals surface area contributed by atoms with Crippen LogP contribution in [-0.4, -0.2) is 49.1 Å². The lowest BCUT2D eigenvalue weighted by Gasteiger charge is -2.33. The average Bonchev–Trinajstić information content (AvgIpc) is 2.97. The largest absolute Gasteiger partial charge is 0.493 e. The Morgan fingerprint density at radius 1 is 1.03 bits per heavy atom. The van der Waals surface area contributed by atoms with E-state index in [2.05, 4.69) is 10.3 Å². The zero-order valence-corrected chi connectivity index (χ0v) is 21.2. The molecule has 8 heteroatoms. The molecule has 0 saturated carbocycles. The van der Waals surface area contributed by atoms with Crippen molar-refractivity contribution in [2.24, 2.45) is 0 Å².